The van der Waals surface area contributed by atoms with Crippen molar-refractivity contribution in [1.82, 2.24) is 9.88 Å². The topological polar surface area (TPSA) is 71.6 Å². The molecule has 1 aliphatic heterocycles. The van der Waals surface area contributed by atoms with Crippen LogP contribution < -0.4 is 5.73 Å². The number of carbonyl (C=O) groups is 1. The average Bonchev–Trinajstić information content (AvgIpc) is 2.54. The highest BCUT2D eigenvalue weighted by Gasteiger charge is 2.20. The van der Waals surface area contributed by atoms with Crippen LogP contribution in [0.2, 0.25) is 0 Å². The first-order valence-electron chi connectivity index (χ1n) is 7.54. The number of carbonyl (C=O) groups excluding carboxylic acids is 1. The fourth-order valence-electron chi connectivity index (χ4n) is 2.37. The molecular weight excluding hydrogens is 288 g/mol. The van der Waals surface area contributed by atoms with E-state index in [1.807, 2.05) is 45.1 Å². The molecule has 0 fully saturated rings. The molecule has 2 rings (SSSR count). The quantitative estimate of drug-likeness (QED) is 0.912. The number of amides is 1. The van der Waals surface area contributed by atoms with Gasteiger partial charge >= 0.3 is 0 Å². The highest BCUT2D eigenvalue weighted by Crippen LogP contribution is 2.20. The largest absolute Gasteiger partial charge is 0.384 e. The molecule has 0 bridgehead atoms. The Balaban J connectivity index is 2.37. The third kappa shape index (κ3) is 4.64. The lowest BCUT2D eigenvalue weighted by atomic mass is 10.1. The van der Waals surface area contributed by atoms with E-state index in [2.05, 4.69) is 9.98 Å². The van der Waals surface area contributed by atoms with Crippen molar-refractivity contribution in [2.45, 2.75) is 33.2 Å². The first-order valence-corrected chi connectivity index (χ1v) is 7.54. The molecule has 0 saturated carbocycles. The van der Waals surface area contributed by atoms with Crippen molar-refractivity contribution in [3.05, 3.63) is 65.3 Å². The van der Waals surface area contributed by atoms with Crippen LogP contribution in [0.15, 0.2) is 64.7 Å². The van der Waals surface area contributed by atoms with E-state index in [4.69, 9.17) is 5.73 Å². The molecule has 0 radical (unpaired) electrons. The Kier molecular flexibility index (Phi) is 5.46. The summed E-state index contributed by atoms with van der Waals surface area (Å²) in [7, 11) is 0. The normalized spacial score (nSPS) is 20.0. The minimum Gasteiger partial charge on any atom is -0.384 e. The molecule has 1 aliphatic rings. The third-order valence-electron chi connectivity index (χ3n) is 3.62. The van der Waals surface area contributed by atoms with Crippen LogP contribution in [-0.2, 0) is 4.79 Å². The summed E-state index contributed by atoms with van der Waals surface area (Å²) in [5.41, 5.74) is 8.84. The van der Waals surface area contributed by atoms with Crippen LogP contribution in [0.4, 0.5) is 0 Å². The van der Waals surface area contributed by atoms with Crippen molar-refractivity contribution in [1.29, 1.82) is 0 Å². The van der Waals surface area contributed by atoms with Crippen LogP contribution in [0.3, 0.4) is 0 Å². The van der Waals surface area contributed by atoms with Gasteiger partial charge in [-0.05, 0) is 38.5 Å². The van der Waals surface area contributed by atoms with Crippen LogP contribution in [-0.4, -0.2) is 22.1 Å². The predicted molar refractivity (Wildman–Crippen MR) is 92.4 cm³/mol. The Morgan fingerprint density at radius 1 is 1.30 bits per heavy atom. The first kappa shape index (κ1) is 16.7. The molecule has 23 heavy (non-hydrogen) atoms. The fraction of sp³-hybridized carbons (Fsp3) is 0.278. The molecule has 0 aromatic carbocycles. The molecule has 0 saturated heterocycles. The van der Waals surface area contributed by atoms with Gasteiger partial charge in [0.25, 0.3) is 0 Å². The summed E-state index contributed by atoms with van der Waals surface area (Å²) in [6, 6.07) is 3.62. The number of aliphatic imine (C=N–C) groups is 1. The highest BCUT2D eigenvalue weighted by atomic mass is 16.2. The lowest BCUT2D eigenvalue weighted by Crippen LogP contribution is -2.32. The summed E-state index contributed by atoms with van der Waals surface area (Å²) in [4.78, 5) is 22.6. The number of nitrogens with zero attached hydrogens (tertiary/aromatic N) is 3. The zero-order chi connectivity index (χ0) is 16.8. The van der Waals surface area contributed by atoms with Crippen molar-refractivity contribution < 1.29 is 4.79 Å². The van der Waals surface area contributed by atoms with Crippen molar-refractivity contribution in [2.24, 2.45) is 10.7 Å². The monoisotopic (exact) mass is 310 g/mol. The van der Waals surface area contributed by atoms with E-state index in [9.17, 15) is 4.79 Å². The minimum absolute atomic E-state index is 0.0265. The van der Waals surface area contributed by atoms with Crippen molar-refractivity contribution >= 4 is 12.2 Å². The fourth-order valence-corrected chi connectivity index (χ4v) is 2.37. The van der Waals surface area contributed by atoms with Crippen LogP contribution in [0.25, 0.3) is 0 Å². The van der Waals surface area contributed by atoms with Crippen LogP contribution in [0.1, 0.15) is 38.8 Å². The van der Waals surface area contributed by atoms with Crippen molar-refractivity contribution in [3.63, 3.8) is 0 Å². The minimum atomic E-state index is -0.171. The van der Waals surface area contributed by atoms with Gasteiger partial charge in [-0.25, -0.2) is 4.99 Å². The van der Waals surface area contributed by atoms with E-state index in [0.717, 1.165) is 16.7 Å². The summed E-state index contributed by atoms with van der Waals surface area (Å²) in [6.07, 6.45) is 10.9. The maximum Gasteiger partial charge on any atom is 0.232 e. The molecule has 5 nitrogen and oxygen atoms in total. The molecule has 2 heterocycles. The number of allylic oxidation sites excluding steroid dienone is 4. The molecule has 2 N–H and O–H groups in total. The average molecular weight is 310 g/mol. The number of rotatable bonds is 2. The number of hydrogen-bond acceptors (Lipinski definition) is 4. The second-order valence-corrected chi connectivity index (χ2v) is 5.68. The number of pyridine rings is 1. The van der Waals surface area contributed by atoms with Gasteiger partial charge < -0.3 is 5.73 Å². The Bertz CT molecular complexity index is 686. The van der Waals surface area contributed by atoms with Gasteiger partial charge in [-0.1, -0.05) is 29.4 Å². The second-order valence-electron chi connectivity index (χ2n) is 5.68. The smallest absolute Gasteiger partial charge is 0.232 e. The van der Waals surface area contributed by atoms with E-state index >= 15 is 0 Å². The van der Waals surface area contributed by atoms with Crippen molar-refractivity contribution in [3.8, 4) is 0 Å². The van der Waals surface area contributed by atoms with E-state index in [0.29, 0.717) is 12.2 Å². The molecule has 1 amide bonds. The van der Waals surface area contributed by atoms with E-state index in [1.165, 1.54) is 6.34 Å². The maximum atomic E-state index is 12.7. The summed E-state index contributed by atoms with van der Waals surface area (Å²) >= 11 is 0. The van der Waals surface area contributed by atoms with Gasteiger partial charge in [0.1, 0.15) is 12.2 Å². The van der Waals surface area contributed by atoms with Crippen LogP contribution >= 0.6 is 0 Å². The molecule has 5 heteroatoms. The standard InChI is InChI=1S/C18H22N4O/c1-13-6-7-17(19)21-12-22(18(23)10-14(2)9-13)15(3)16-5-4-8-20-11-16/h4-9,11-12,15H,10,19H2,1-3H3/b13-6?,14-9?,17-7-,21-12?. The van der Waals surface area contributed by atoms with E-state index in [-0.39, 0.29) is 11.9 Å². The molecule has 0 spiro atoms. The van der Waals surface area contributed by atoms with Crippen LogP contribution in [0, 0.1) is 0 Å². The van der Waals surface area contributed by atoms with E-state index < -0.39 is 0 Å². The van der Waals surface area contributed by atoms with Gasteiger partial charge in [0.2, 0.25) is 5.91 Å². The summed E-state index contributed by atoms with van der Waals surface area (Å²) in [5, 5.41) is 0. The zero-order valence-corrected chi connectivity index (χ0v) is 13.7. The van der Waals surface area contributed by atoms with Gasteiger partial charge in [0.15, 0.2) is 0 Å². The number of hydrogen-bond donors (Lipinski definition) is 1. The Labute approximate surface area is 136 Å². The van der Waals surface area contributed by atoms with Gasteiger partial charge in [-0.2, -0.15) is 0 Å². The van der Waals surface area contributed by atoms with Gasteiger partial charge in [-0.3, -0.25) is 14.7 Å². The molecule has 0 aliphatic carbocycles. The molecule has 1 unspecified atom stereocenters. The number of nitrogens with two attached hydrogens (primary N) is 1. The highest BCUT2D eigenvalue weighted by molar-refractivity contribution is 5.90. The van der Waals surface area contributed by atoms with Crippen molar-refractivity contribution in [2.75, 3.05) is 0 Å². The first-order chi connectivity index (χ1) is 11.0. The number of aromatic nitrogens is 1. The summed E-state index contributed by atoms with van der Waals surface area (Å²) < 4.78 is 0. The second kappa shape index (κ2) is 7.54. The summed E-state index contributed by atoms with van der Waals surface area (Å²) in [6.45, 7) is 5.86. The molecule has 1 aromatic heterocycles. The van der Waals surface area contributed by atoms with E-state index in [1.54, 1.807) is 23.4 Å². The Morgan fingerprint density at radius 2 is 2.09 bits per heavy atom. The summed E-state index contributed by atoms with van der Waals surface area (Å²) in [5.74, 6) is 0.329. The molecule has 1 atom stereocenters. The van der Waals surface area contributed by atoms with Gasteiger partial charge in [0, 0.05) is 18.8 Å². The lowest BCUT2D eigenvalue weighted by molar-refractivity contribution is -0.127. The molecule has 120 valence electrons. The predicted octanol–water partition coefficient (Wildman–Crippen LogP) is 3.10. The van der Waals surface area contributed by atoms with Gasteiger partial charge in [-0.15, -0.1) is 0 Å². The zero-order valence-electron chi connectivity index (χ0n) is 13.7. The van der Waals surface area contributed by atoms with Gasteiger partial charge in [0.05, 0.1) is 6.04 Å². The Hall–Kier alpha value is -2.69. The third-order valence-corrected chi connectivity index (χ3v) is 3.62. The molecule has 1 aromatic rings. The maximum absolute atomic E-state index is 12.7. The molecular formula is C18H22N4O. The SMILES string of the molecule is CC1=C/C=C(/N)N=CN(C(C)c2cccnc2)C(=O)CC(C)=C1. The lowest BCUT2D eigenvalue weighted by Gasteiger charge is -2.25. The Morgan fingerprint density at radius 3 is 2.78 bits per heavy atom. The van der Waals surface area contributed by atoms with Crippen LogP contribution in [0.5, 0.6) is 0 Å².